The minimum Gasteiger partial charge on any atom is -0.480 e. The molecule has 0 heterocycles. The van der Waals surface area contributed by atoms with Crippen molar-refractivity contribution in [2.45, 2.75) is 4.90 Å². The number of ether oxygens (including phenoxy) is 2. The Bertz CT molecular complexity index is 882. The summed E-state index contributed by atoms with van der Waals surface area (Å²) in [5, 5.41) is 0.317. The molecule has 2 aromatic rings. The summed E-state index contributed by atoms with van der Waals surface area (Å²) in [6.07, 6.45) is 0. The van der Waals surface area contributed by atoms with E-state index in [0.717, 1.165) is 0 Å². The van der Waals surface area contributed by atoms with Gasteiger partial charge in [0.1, 0.15) is 5.75 Å². The maximum atomic E-state index is 12.5. The van der Waals surface area contributed by atoms with Crippen LogP contribution in [0.25, 0.3) is 0 Å². The van der Waals surface area contributed by atoms with Gasteiger partial charge >= 0.3 is 5.97 Å². The Labute approximate surface area is 159 Å². The highest BCUT2D eigenvalue weighted by molar-refractivity contribution is 7.92. The van der Waals surface area contributed by atoms with Gasteiger partial charge in [-0.3, -0.25) is 4.72 Å². The van der Waals surface area contributed by atoms with Crippen LogP contribution in [0.5, 0.6) is 5.75 Å². The third-order valence-electron chi connectivity index (χ3n) is 2.99. The molecule has 0 aliphatic carbocycles. The molecule has 0 fully saturated rings. The molecule has 0 spiro atoms. The normalized spacial score (nSPS) is 11.0. The summed E-state index contributed by atoms with van der Waals surface area (Å²) >= 11 is 17.9. The fourth-order valence-electron chi connectivity index (χ4n) is 1.75. The van der Waals surface area contributed by atoms with Gasteiger partial charge in [0.05, 0.1) is 32.8 Å². The van der Waals surface area contributed by atoms with Crippen LogP contribution in [0.3, 0.4) is 0 Å². The molecule has 0 amide bonds. The van der Waals surface area contributed by atoms with Gasteiger partial charge in [-0.2, -0.15) is 0 Å². The van der Waals surface area contributed by atoms with Gasteiger partial charge in [0, 0.05) is 0 Å². The van der Waals surface area contributed by atoms with Crippen LogP contribution in [-0.4, -0.2) is 28.1 Å². The minimum absolute atomic E-state index is 0.0111. The molecule has 2 rings (SSSR count). The van der Waals surface area contributed by atoms with E-state index in [0.29, 0.717) is 0 Å². The summed E-state index contributed by atoms with van der Waals surface area (Å²) in [7, 11) is -2.77. The van der Waals surface area contributed by atoms with Crippen molar-refractivity contribution in [2.24, 2.45) is 0 Å². The van der Waals surface area contributed by atoms with E-state index >= 15 is 0 Å². The van der Waals surface area contributed by atoms with Gasteiger partial charge in [0.15, 0.2) is 6.61 Å². The highest BCUT2D eigenvalue weighted by atomic mass is 35.5. The average Bonchev–Trinajstić information content (AvgIpc) is 2.56. The second-order valence-electron chi connectivity index (χ2n) is 4.66. The summed E-state index contributed by atoms with van der Waals surface area (Å²) in [5.74, 6) is -0.454. The third-order valence-corrected chi connectivity index (χ3v) is 5.26. The average molecular weight is 425 g/mol. The van der Waals surface area contributed by atoms with Gasteiger partial charge in [0.25, 0.3) is 10.0 Å². The molecule has 0 saturated carbocycles. The standard InChI is InChI=1S/C15H12Cl3NO5S/c1-23-14(20)8-24-13-6-5-9(7-12(13)18)25(21,22)19-15-10(16)3-2-4-11(15)17/h2-7,19H,8H2,1H3. The molecule has 0 atom stereocenters. The van der Waals surface area contributed by atoms with E-state index in [2.05, 4.69) is 9.46 Å². The maximum Gasteiger partial charge on any atom is 0.343 e. The number of carbonyl (C=O) groups is 1. The quantitative estimate of drug-likeness (QED) is 0.709. The molecular weight excluding hydrogens is 413 g/mol. The van der Waals surface area contributed by atoms with Crippen molar-refractivity contribution < 1.29 is 22.7 Å². The molecule has 0 aliphatic rings. The molecule has 0 aliphatic heterocycles. The number of rotatable bonds is 6. The lowest BCUT2D eigenvalue weighted by Gasteiger charge is -2.12. The van der Waals surface area contributed by atoms with Gasteiger partial charge in [-0.15, -0.1) is 0 Å². The van der Waals surface area contributed by atoms with Crippen molar-refractivity contribution >= 4 is 56.5 Å². The maximum absolute atomic E-state index is 12.5. The van der Waals surface area contributed by atoms with E-state index in [4.69, 9.17) is 39.5 Å². The molecule has 0 bridgehead atoms. The number of nitrogens with one attached hydrogen (secondary N) is 1. The second kappa shape index (κ2) is 8.14. The van der Waals surface area contributed by atoms with Crippen LogP contribution < -0.4 is 9.46 Å². The van der Waals surface area contributed by atoms with Gasteiger partial charge in [-0.1, -0.05) is 40.9 Å². The zero-order valence-electron chi connectivity index (χ0n) is 12.8. The van der Waals surface area contributed by atoms with Crippen LogP contribution in [0.4, 0.5) is 5.69 Å². The van der Waals surface area contributed by atoms with Gasteiger partial charge in [-0.05, 0) is 30.3 Å². The zero-order chi connectivity index (χ0) is 18.6. The van der Waals surface area contributed by atoms with Crippen LogP contribution in [0, 0.1) is 0 Å². The predicted molar refractivity (Wildman–Crippen MR) is 96.2 cm³/mol. The van der Waals surface area contributed by atoms with Crippen molar-refractivity contribution in [3.05, 3.63) is 51.5 Å². The third kappa shape index (κ3) is 4.92. The lowest BCUT2D eigenvalue weighted by atomic mass is 10.3. The first kappa shape index (κ1) is 19.7. The van der Waals surface area contributed by atoms with Gasteiger partial charge in [-0.25, -0.2) is 13.2 Å². The van der Waals surface area contributed by atoms with Crippen LogP contribution in [0.15, 0.2) is 41.3 Å². The molecule has 25 heavy (non-hydrogen) atoms. The zero-order valence-corrected chi connectivity index (χ0v) is 15.8. The van der Waals surface area contributed by atoms with Crippen LogP contribution in [-0.2, 0) is 19.6 Å². The molecule has 134 valence electrons. The largest absolute Gasteiger partial charge is 0.480 e. The fourth-order valence-corrected chi connectivity index (χ4v) is 3.78. The number of esters is 1. The predicted octanol–water partition coefficient (Wildman–Crippen LogP) is 4.00. The van der Waals surface area contributed by atoms with Crippen LogP contribution >= 0.6 is 34.8 Å². The monoisotopic (exact) mass is 423 g/mol. The number of hydrogen-bond donors (Lipinski definition) is 1. The Morgan fingerprint density at radius 2 is 1.72 bits per heavy atom. The van der Waals surface area contributed by atoms with Gasteiger partial charge in [0.2, 0.25) is 0 Å². The topological polar surface area (TPSA) is 81.7 Å². The van der Waals surface area contributed by atoms with Gasteiger partial charge < -0.3 is 9.47 Å². The number of sulfonamides is 1. The molecule has 2 aromatic carbocycles. The van der Waals surface area contributed by atoms with Crippen LogP contribution in [0.1, 0.15) is 0 Å². The molecule has 6 nitrogen and oxygen atoms in total. The Hall–Kier alpha value is -1.67. The van der Waals surface area contributed by atoms with Crippen molar-refractivity contribution in [1.29, 1.82) is 0 Å². The lowest BCUT2D eigenvalue weighted by Crippen LogP contribution is -2.15. The number of hydrogen-bond acceptors (Lipinski definition) is 5. The Balaban J connectivity index is 2.25. The number of methoxy groups -OCH3 is 1. The Kier molecular flexibility index (Phi) is 6.40. The minimum atomic E-state index is -3.98. The van der Waals surface area contributed by atoms with E-state index in [1.165, 1.54) is 37.4 Å². The molecule has 10 heteroatoms. The molecule has 1 N–H and O–H groups in total. The number of para-hydroxylation sites is 1. The number of carbonyl (C=O) groups excluding carboxylic acids is 1. The highest BCUT2D eigenvalue weighted by Crippen LogP contribution is 2.33. The van der Waals surface area contributed by atoms with E-state index < -0.39 is 16.0 Å². The summed E-state index contributed by atoms with van der Waals surface area (Å²) in [5.41, 5.74) is 0.0629. The first-order chi connectivity index (χ1) is 11.7. The lowest BCUT2D eigenvalue weighted by molar-refractivity contribution is -0.142. The molecule has 0 saturated heterocycles. The van der Waals surface area contributed by atoms with Crippen molar-refractivity contribution in [2.75, 3.05) is 18.4 Å². The van der Waals surface area contributed by atoms with E-state index in [1.54, 1.807) is 6.07 Å². The summed E-state index contributed by atoms with van der Waals surface area (Å²) in [6.45, 7) is -0.351. The van der Waals surface area contributed by atoms with Crippen molar-refractivity contribution in [1.82, 2.24) is 0 Å². The first-order valence-corrected chi connectivity index (χ1v) is 9.32. The van der Waals surface area contributed by atoms with Crippen molar-refractivity contribution in [3.63, 3.8) is 0 Å². The Morgan fingerprint density at radius 3 is 2.28 bits per heavy atom. The fraction of sp³-hybridized carbons (Fsp3) is 0.133. The van der Waals surface area contributed by atoms with Crippen molar-refractivity contribution in [3.8, 4) is 5.75 Å². The molecule has 0 aromatic heterocycles. The first-order valence-electron chi connectivity index (χ1n) is 6.70. The van der Waals surface area contributed by atoms with E-state index in [-0.39, 0.29) is 38.0 Å². The summed E-state index contributed by atoms with van der Waals surface area (Å²) in [6, 6.07) is 8.37. The number of halogens is 3. The summed E-state index contributed by atoms with van der Waals surface area (Å²) < 4.78 is 36.9. The Morgan fingerprint density at radius 1 is 1.08 bits per heavy atom. The molecule has 0 unspecified atom stereocenters. The van der Waals surface area contributed by atoms with E-state index in [1.807, 2.05) is 0 Å². The smallest absolute Gasteiger partial charge is 0.343 e. The van der Waals surface area contributed by atoms with Crippen LogP contribution in [0.2, 0.25) is 15.1 Å². The number of benzene rings is 2. The molecule has 0 radical (unpaired) electrons. The second-order valence-corrected chi connectivity index (χ2v) is 7.56. The summed E-state index contributed by atoms with van der Waals surface area (Å²) in [4.78, 5) is 10.9. The number of anilines is 1. The highest BCUT2D eigenvalue weighted by Gasteiger charge is 2.19. The molecular formula is C15H12Cl3NO5S. The SMILES string of the molecule is COC(=O)COc1ccc(S(=O)(=O)Nc2c(Cl)cccc2Cl)cc1Cl. The van der Waals surface area contributed by atoms with E-state index in [9.17, 15) is 13.2 Å².